The van der Waals surface area contributed by atoms with Gasteiger partial charge in [-0.1, -0.05) is 0 Å². The van der Waals surface area contributed by atoms with Crippen LogP contribution in [-0.4, -0.2) is 98.4 Å². The van der Waals surface area contributed by atoms with E-state index in [2.05, 4.69) is 5.32 Å². The largest absolute Gasteiger partial charge is 0.494 e. The summed E-state index contributed by atoms with van der Waals surface area (Å²) in [5.74, 6) is -0.409. The van der Waals surface area contributed by atoms with Crippen LogP contribution >= 0.6 is 0 Å². The first-order chi connectivity index (χ1) is 19.4. The molecule has 1 aromatic rings. The van der Waals surface area contributed by atoms with E-state index in [0.717, 1.165) is 38.8 Å². The van der Waals surface area contributed by atoms with Crippen molar-refractivity contribution in [2.45, 2.75) is 77.0 Å². The molecule has 3 rings (SSSR count). The van der Waals surface area contributed by atoms with E-state index in [0.29, 0.717) is 31.5 Å². The van der Waals surface area contributed by atoms with Crippen molar-refractivity contribution in [1.29, 1.82) is 0 Å². The van der Waals surface area contributed by atoms with Gasteiger partial charge in [0.25, 0.3) is 5.91 Å². The number of ether oxygens (including phenoxy) is 3. The van der Waals surface area contributed by atoms with E-state index in [1.807, 2.05) is 20.8 Å². The second kappa shape index (κ2) is 13.9. The molecule has 3 amide bonds. The summed E-state index contributed by atoms with van der Waals surface area (Å²) in [5, 5.41) is 2.51. The van der Waals surface area contributed by atoms with E-state index in [1.54, 1.807) is 11.0 Å². The molecule has 1 saturated carbocycles. The normalized spacial score (nSPS) is 16.7. The summed E-state index contributed by atoms with van der Waals surface area (Å²) in [6.45, 7) is 8.11. The zero-order chi connectivity index (χ0) is 30.2. The van der Waals surface area contributed by atoms with Crippen LogP contribution in [-0.2, 0) is 19.1 Å². The van der Waals surface area contributed by atoms with Crippen molar-refractivity contribution in [1.82, 2.24) is 15.1 Å². The smallest absolute Gasteiger partial charge is 0.410 e. The Kier molecular flexibility index (Phi) is 10.9. The van der Waals surface area contributed by atoms with E-state index in [9.17, 15) is 24.0 Å². The molecule has 0 aromatic heterocycles. The van der Waals surface area contributed by atoms with Gasteiger partial charge in [-0.25, -0.2) is 4.79 Å². The molecular weight excluding hydrogens is 530 g/mol. The van der Waals surface area contributed by atoms with Crippen molar-refractivity contribution < 1.29 is 38.2 Å². The number of aldehydes is 2. The summed E-state index contributed by atoms with van der Waals surface area (Å²) < 4.78 is 17.2. The molecule has 11 heteroatoms. The molecule has 2 fully saturated rings. The molecule has 226 valence electrons. The highest BCUT2D eigenvalue weighted by Crippen LogP contribution is 2.49. The maximum atomic E-state index is 13.1. The van der Waals surface area contributed by atoms with Crippen LogP contribution in [0, 0.1) is 5.41 Å². The van der Waals surface area contributed by atoms with E-state index in [1.165, 1.54) is 31.1 Å². The number of nitrogens with one attached hydrogen (secondary N) is 1. The van der Waals surface area contributed by atoms with Crippen LogP contribution in [0.2, 0.25) is 0 Å². The van der Waals surface area contributed by atoms with Crippen molar-refractivity contribution in [3.8, 4) is 5.75 Å². The molecule has 41 heavy (non-hydrogen) atoms. The molecule has 1 aliphatic carbocycles. The molecule has 1 unspecified atom stereocenters. The van der Waals surface area contributed by atoms with Gasteiger partial charge in [0.05, 0.1) is 18.3 Å². The standard InChI is InChI=1S/C30H43N3O8/c1-29(2,3)41-28(38)33-19-30(20-33)16-23(17-30)40-14-7-6-13-39-22-10-11-24(21(15-22)18-35)27(37)32(5)25(9-8-12-34)26(36)31-4/h10-12,15,18,23,25H,6-9,13-14,16-17,19-20H2,1-5H3,(H,31,36). The SMILES string of the molecule is CNC(=O)C(CCC=O)N(C)C(=O)c1ccc(OCCCCOC2CC3(C2)CN(C(=O)OC(C)(C)C)C3)cc1C=O. The third-order valence-electron chi connectivity index (χ3n) is 7.46. The molecule has 11 nitrogen and oxygen atoms in total. The third kappa shape index (κ3) is 8.51. The lowest BCUT2D eigenvalue weighted by atomic mass is 9.62. The first-order valence-electron chi connectivity index (χ1n) is 14.2. The molecule has 1 N–H and O–H groups in total. The Hall–Kier alpha value is -3.47. The van der Waals surface area contributed by atoms with E-state index in [4.69, 9.17) is 14.2 Å². The molecule has 1 aromatic carbocycles. The number of hydrogen-bond donors (Lipinski definition) is 1. The summed E-state index contributed by atoms with van der Waals surface area (Å²) in [4.78, 5) is 63.0. The van der Waals surface area contributed by atoms with Gasteiger partial charge in [-0.2, -0.15) is 0 Å². The number of likely N-dealkylation sites (N-methyl/N-ethyl adjacent to an activating group) is 2. The average Bonchev–Trinajstić information content (AvgIpc) is 2.88. The predicted octanol–water partition coefficient (Wildman–Crippen LogP) is 3.24. The third-order valence-corrected chi connectivity index (χ3v) is 7.46. The minimum absolute atomic E-state index is 0.129. The van der Waals surface area contributed by atoms with Crippen LogP contribution in [0.3, 0.4) is 0 Å². The van der Waals surface area contributed by atoms with Gasteiger partial charge >= 0.3 is 6.09 Å². The van der Waals surface area contributed by atoms with Crippen LogP contribution in [0.1, 0.15) is 80.0 Å². The summed E-state index contributed by atoms with van der Waals surface area (Å²) in [7, 11) is 2.94. The van der Waals surface area contributed by atoms with Gasteiger partial charge in [0.15, 0.2) is 6.29 Å². The maximum absolute atomic E-state index is 13.1. The molecule has 1 spiro atoms. The van der Waals surface area contributed by atoms with Gasteiger partial charge < -0.3 is 34.1 Å². The Bertz CT molecular complexity index is 1100. The lowest BCUT2D eigenvalue weighted by molar-refractivity contribution is -0.147. The van der Waals surface area contributed by atoms with Crippen molar-refractivity contribution in [2.24, 2.45) is 5.41 Å². The first kappa shape index (κ1) is 32.0. The van der Waals surface area contributed by atoms with Crippen LogP contribution in [0.4, 0.5) is 4.79 Å². The Labute approximate surface area is 241 Å². The first-order valence-corrected chi connectivity index (χ1v) is 14.2. The lowest BCUT2D eigenvalue weighted by Gasteiger charge is -2.58. The number of nitrogens with zero attached hydrogens (tertiary/aromatic N) is 2. The summed E-state index contributed by atoms with van der Waals surface area (Å²) in [5.41, 5.74) is 0.0150. The highest BCUT2D eigenvalue weighted by molar-refractivity contribution is 6.03. The fraction of sp³-hybridized carbons (Fsp3) is 0.633. The molecule has 1 heterocycles. The summed E-state index contributed by atoms with van der Waals surface area (Å²) in [6.07, 6.45) is 5.05. The van der Waals surface area contributed by atoms with E-state index < -0.39 is 17.6 Å². The van der Waals surface area contributed by atoms with Gasteiger partial charge in [0.2, 0.25) is 5.91 Å². The van der Waals surface area contributed by atoms with Crippen LogP contribution in [0.15, 0.2) is 18.2 Å². The van der Waals surface area contributed by atoms with Crippen LogP contribution < -0.4 is 10.1 Å². The van der Waals surface area contributed by atoms with Crippen LogP contribution in [0.25, 0.3) is 0 Å². The Morgan fingerprint density at radius 3 is 2.44 bits per heavy atom. The maximum Gasteiger partial charge on any atom is 0.410 e. The number of unbranched alkanes of at least 4 members (excludes halogenated alkanes) is 1. The van der Waals surface area contributed by atoms with Crippen molar-refractivity contribution in [3.63, 3.8) is 0 Å². The van der Waals surface area contributed by atoms with Gasteiger partial charge in [-0.05, 0) is 71.1 Å². The average molecular weight is 574 g/mol. The van der Waals surface area contributed by atoms with E-state index in [-0.39, 0.29) is 47.5 Å². The van der Waals surface area contributed by atoms with Gasteiger partial charge in [0, 0.05) is 51.2 Å². The number of carbonyl (C=O) groups excluding carboxylic acids is 5. The molecular formula is C30H43N3O8. The van der Waals surface area contributed by atoms with Gasteiger partial charge in [-0.15, -0.1) is 0 Å². The van der Waals surface area contributed by atoms with E-state index >= 15 is 0 Å². The minimum atomic E-state index is -0.832. The topological polar surface area (TPSA) is 132 Å². The summed E-state index contributed by atoms with van der Waals surface area (Å²) in [6, 6.07) is 3.82. The monoisotopic (exact) mass is 573 g/mol. The Balaban J connectivity index is 1.36. The molecule has 1 atom stereocenters. The molecule has 1 aliphatic heterocycles. The van der Waals surface area contributed by atoms with Crippen molar-refractivity contribution in [3.05, 3.63) is 29.3 Å². The molecule has 1 saturated heterocycles. The zero-order valence-corrected chi connectivity index (χ0v) is 24.8. The number of rotatable bonds is 14. The zero-order valence-electron chi connectivity index (χ0n) is 24.8. The fourth-order valence-corrected chi connectivity index (χ4v) is 5.29. The second-order valence-electron chi connectivity index (χ2n) is 12.0. The second-order valence-corrected chi connectivity index (χ2v) is 12.0. The van der Waals surface area contributed by atoms with Crippen LogP contribution in [0.5, 0.6) is 5.75 Å². The molecule has 0 bridgehead atoms. The number of benzene rings is 1. The number of hydrogen-bond acceptors (Lipinski definition) is 8. The fourth-order valence-electron chi connectivity index (χ4n) is 5.29. The molecule has 2 aliphatic rings. The highest BCUT2D eigenvalue weighted by Gasteiger charge is 2.54. The molecule has 0 radical (unpaired) electrons. The Morgan fingerprint density at radius 1 is 1.15 bits per heavy atom. The van der Waals surface area contributed by atoms with Gasteiger partial charge in [-0.3, -0.25) is 14.4 Å². The predicted molar refractivity (Wildman–Crippen MR) is 151 cm³/mol. The number of carbonyl (C=O) groups is 5. The minimum Gasteiger partial charge on any atom is -0.494 e. The highest BCUT2D eigenvalue weighted by atomic mass is 16.6. The summed E-state index contributed by atoms with van der Waals surface area (Å²) >= 11 is 0. The van der Waals surface area contributed by atoms with Gasteiger partial charge in [0.1, 0.15) is 23.7 Å². The number of amides is 3. The number of likely N-dealkylation sites (tertiary alicyclic amines) is 1. The lowest BCUT2D eigenvalue weighted by Crippen LogP contribution is -2.65. The Morgan fingerprint density at radius 2 is 1.83 bits per heavy atom. The van der Waals surface area contributed by atoms with Crippen molar-refractivity contribution >= 4 is 30.5 Å². The quantitative estimate of drug-likeness (QED) is 0.265. The van der Waals surface area contributed by atoms with Crippen molar-refractivity contribution in [2.75, 3.05) is 40.4 Å².